The van der Waals surface area contributed by atoms with Crippen molar-refractivity contribution in [3.8, 4) is 11.5 Å². The molecular weight excluding hydrogens is 271 g/mol. The summed E-state index contributed by atoms with van der Waals surface area (Å²) in [6.45, 7) is 0. The molecule has 0 aliphatic heterocycles. The molecule has 0 saturated heterocycles. The number of halogens is 2. The van der Waals surface area contributed by atoms with E-state index in [0.717, 1.165) is 28.2 Å². The van der Waals surface area contributed by atoms with Crippen molar-refractivity contribution in [1.29, 1.82) is 0 Å². The van der Waals surface area contributed by atoms with Gasteiger partial charge in [-0.05, 0) is 30.3 Å². The van der Waals surface area contributed by atoms with E-state index in [4.69, 9.17) is 5.73 Å². The van der Waals surface area contributed by atoms with E-state index in [9.17, 15) is 0 Å². The van der Waals surface area contributed by atoms with Crippen molar-refractivity contribution in [3.63, 3.8) is 0 Å². The standard InChI is InChI=1S/C12H10N4.2ClH/c13-8-4-5-9-11(7-8)16-12(15-9)10-3-1-2-6-14-10;;/h1-7H,13H2,(H,15,16);2*1H. The van der Waals surface area contributed by atoms with Crippen molar-refractivity contribution < 1.29 is 0 Å². The number of hydrogen-bond donors (Lipinski definition) is 2. The molecular formula is C12H12Cl2N4. The minimum atomic E-state index is 0. The Balaban J connectivity index is 0.000000810. The number of benzene rings is 1. The van der Waals surface area contributed by atoms with Gasteiger partial charge in [0.1, 0.15) is 5.69 Å². The maximum Gasteiger partial charge on any atom is 0.157 e. The zero-order valence-electron chi connectivity index (χ0n) is 9.33. The molecule has 0 aliphatic rings. The van der Waals surface area contributed by atoms with Crippen molar-refractivity contribution in [2.75, 3.05) is 5.73 Å². The van der Waals surface area contributed by atoms with Gasteiger partial charge in [-0.1, -0.05) is 6.07 Å². The highest BCUT2D eigenvalue weighted by molar-refractivity contribution is 5.85. The minimum absolute atomic E-state index is 0. The first-order chi connectivity index (χ1) is 7.83. The molecule has 3 aromatic rings. The predicted molar refractivity (Wildman–Crippen MR) is 78.2 cm³/mol. The molecule has 4 nitrogen and oxygen atoms in total. The van der Waals surface area contributed by atoms with Crippen LogP contribution in [-0.4, -0.2) is 15.0 Å². The number of rotatable bonds is 1. The van der Waals surface area contributed by atoms with Gasteiger partial charge in [0.05, 0.1) is 11.0 Å². The number of anilines is 1. The second-order valence-electron chi connectivity index (χ2n) is 3.58. The number of H-pyrrole nitrogens is 1. The number of hydrogen-bond acceptors (Lipinski definition) is 3. The highest BCUT2D eigenvalue weighted by Gasteiger charge is 2.05. The summed E-state index contributed by atoms with van der Waals surface area (Å²) in [6, 6.07) is 11.3. The Kier molecular flexibility index (Phi) is 4.53. The van der Waals surface area contributed by atoms with Gasteiger partial charge in [0, 0.05) is 11.9 Å². The molecule has 2 aromatic heterocycles. The summed E-state index contributed by atoms with van der Waals surface area (Å²) < 4.78 is 0. The molecule has 0 unspecified atom stereocenters. The van der Waals surface area contributed by atoms with Crippen LogP contribution in [-0.2, 0) is 0 Å². The van der Waals surface area contributed by atoms with E-state index >= 15 is 0 Å². The van der Waals surface area contributed by atoms with E-state index in [0.29, 0.717) is 0 Å². The number of nitrogens with one attached hydrogen (secondary N) is 1. The lowest BCUT2D eigenvalue weighted by molar-refractivity contribution is 1.24. The third kappa shape index (κ3) is 2.55. The topological polar surface area (TPSA) is 67.6 Å². The molecule has 0 atom stereocenters. The van der Waals surface area contributed by atoms with E-state index in [1.165, 1.54) is 0 Å². The van der Waals surface area contributed by atoms with Crippen molar-refractivity contribution >= 4 is 41.5 Å². The van der Waals surface area contributed by atoms with Crippen LogP contribution in [0.25, 0.3) is 22.6 Å². The summed E-state index contributed by atoms with van der Waals surface area (Å²) in [7, 11) is 0. The van der Waals surface area contributed by atoms with E-state index in [2.05, 4.69) is 15.0 Å². The molecule has 1 aromatic carbocycles. The van der Waals surface area contributed by atoms with Crippen LogP contribution in [0.4, 0.5) is 5.69 Å². The normalized spacial score (nSPS) is 9.56. The average molecular weight is 283 g/mol. The van der Waals surface area contributed by atoms with Crippen LogP contribution in [0.15, 0.2) is 42.6 Å². The van der Waals surface area contributed by atoms with Gasteiger partial charge in [-0.15, -0.1) is 24.8 Å². The first-order valence-electron chi connectivity index (χ1n) is 4.99. The van der Waals surface area contributed by atoms with Gasteiger partial charge in [-0.25, -0.2) is 4.98 Å². The highest BCUT2D eigenvalue weighted by Crippen LogP contribution is 2.19. The predicted octanol–water partition coefficient (Wildman–Crippen LogP) is 3.05. The third-order valence-corrected chi connectivity index (χ3v) is 2.41. The van der Waals surface area contributed by atoms with Crippen molar-refractivity contribution in [2.24, 2.45) is 0 Å². The van der Waals surface area contributed by atoms with Gasteiger partial charge in [0.25, 0.3) is 0 Å². The molecule has 3 N–H and O–H groups in total. The molecule has 0 saturated carbocycles. The van der Waals surface area contributed by atoms with Crippen LogP contribution in [0.2, 0.25) is 0 Å². The number of nitrogens with two attached hydrogens (primary N) is 1. The van der Waals surface area contributed by atoms with Gasteiger partial charge in [0.15, 0.2) is 5.82 Å². The number of nitrogen functional groups attached to an aromatic ring is 1. The van der Waals surface area contributed by atoms with E-state index < -0.39 is 0 Å². The van der Waals surface area contributed by atoms with Crippen LogP contribution < -0.4 is 5.73 Å². The van der Waals surface area contributed by atoms with Crippen LogP contribution in [0.5, 0.6) is 0 Å². The van der Waals surface area contributed by atoms with Crippen LogP contribution >= 0.6 is 24.8 Å². The second kappa shape index (κ2) is 5.71. The Hall–Kier alpha value is -1.78. The van der Waals surface area contributed by atoms with Crippen molar-refractivity contribution in [1.82, 2.24) is 15.0 Å². The Morgan fingerprint density at radius 2 is 1.89 bits per heavy atom. The lowest BCUT2D eigenvalue weighted by Gasteiger charge is -1.92. The summed E-state index contributed by atoms with van der Waals surface area (Å²) in [5.41, 5.74) is 9.09. The highest BCUT2D eigenvalue weighted by atomic mass is 35.5. The molecule has 94 valence electrons. The quantitative estimate of drug-likeness (QED) is 0.674. The van der Waals surface area contributed by atoms with Crippen molar-refractivity contribution in [3.05, 3.63) is 42.6 Å². The summed E-state index contributed by atoms with van der Waals surface area (Å²) in [5.74, 6) is 0.765. The summed E-state index contributed by atoms with van der Waals surface area (Å²) in [5, 5.41) is 0. The summed E-state index contributed by atoms with van der Waals surface area (Å²) >= 11 is 0. The number of nitrogens with zero attached hydrogens (tertiary/aromatic N) is 2. The third-order valence-electron chi connectivity index (χ3n) is 2.41. The monoisotopic (exact) mass is 282 g/mol. The Morgan fingerprint density at radius 1 is 1.06 bits per heavy atom. The fraction of sp³-hybridized carbons (Fsp3) is 0. The van der Waals surface area contributed by atoms with E-state index in [1.54, 1.807) is 6.20 Å². The number of aromatic amines is 1. The second-order valence-corrected chi connectivity index (χ2v) is 3.58. The van der Waals surface area contributed by atoms with Crippen molar-refractivity contribution in [2.45, 2.75) is 0 Å². The lowest BCUT2D eigenvalue weighted by Crippen LogP contribution is -1.83. The number of imidazole rings is 1. The first-order valence-corrected chi connectivity index (χ1v) is 4.99. The average Bonchev–Trinajstić information content (AvgIpc) is 2.73. The molecule has 0 amide bonds. The Morgan fingerprint density at radius 3 is 2.61 bits per heavy atom. The molecule has 6 heteroatoms. The van der Waals surface area contributed by atoms with Crippen LogP contribution in [0.1, 0.15) is 0 Å². The minimum Gasteiger partial charge on any atom is -0.399 e. The van der Waals surface area contributed by atoms with E-state index in [1.807, 2.05) is 36.4 Å². The SMILES string of the molecule is Cl.Cl.Nc1ccc2nc(-c3ccccn3)[nH]c2c1. The first kappa shape index (κ1) is 14.3. The molecule has 0 radical (unpaired) electrons. The molecule has 0 aliphatic carbocycles. The molecule has 3 rings (SSSR count). The van der Waals surface area contributed by atoms with Gasteiger partial charge in [0.2, 0.25) is 0 Å². The molecule has 2 heterocycles. The number of aromatic nitrogens is 3. The molecule has 0 bridgehead atoms. The Bertz CT molecular complexity index is 637. The fourth-order valence-electron chi connectivity index (χ4n) is 1.65. The largest absolute Gasteiger partial charge is 0.399 e. The zero-order chi connectivity index (χ0) is 11.0. The molecule has 0 spiro atoms. The number of pyridine rings is 1. The maximum absolute atomic E-state index is 5.71. The van der Waals surface area contributed by atoms with Gasteiger partial charge in [-0.2, -0.15) is 0 Å². The van der Waals surface area contributed by atoms with Crippen LogP contribution in [0, 0.1) is 0 Å². The fourth-order valence-corrected chi connectivity index (χ4v) is 1.65. The van der Waals surface area contributed by atoms with Crippen LogP contribution in [0.3, 0.4) is 0 Å². The lowest BCUT2D eigenvalue weighted by atomic mass is 10.3. The zero-order valence-corrected chi connectivity index (χ0v) is 11.0. The number of fused-ring (bicyclic) bond motifs is 1. The summed E-state index contributed by atoms with van der Waals surface area (Å²) in [6.07, 6.45) is 1.75. The maximum atomic E-state index is 5.71. The summed E-state index contributed by atoms with van der Waals surface area (Å²) in [4.78, 5) is 11.9. The molecule has 0 fully saturated rings. The van der Waals surface area contributed by atoms with Gasteiger partial charge in [-0.3, -0.25) is 4.98 Å². The molecule has 18 heavy (non-hydrogen) atoms. The van der Waals surface area contributed by atoms with Gasteiger partial charge < -0.3 is 10.7 Å². The van der Waals surface area contributed by atoms with Gasteiger partial charge >= 0.3 is 0 Å². The smallest absolute Gasteiger partial charge is 0.157 e. The van der Waals surface area contributed by atoms with E-state index in [-0.39, 0.29) is 24.8 Å². The Labute approximate surface area is 116 Å².